The van der Waals surface area contributed by atoms with Crippen LogP contribution >= 0.6 is 11.3 Å². The number of anilines is 2. The third kappa shape index (κ3) is 14.6. The zero-order chi connectivity index (χ0) is 52.9. The van der Waals surface area contributed by atoms with Gasteiger partial charge in [-0.05, 0) is 48.1 Å². The number of β-amino-alcohol motifs (C(OH)–C–C–N with tert-alkyl or cyclic N) is 1. The van der Waals surface area contributed by atoms with Crippen molar-refractivity contribution in [3.05, 3.63) is 101 Å². The number of aryl methyl sites for hydroxylation is 2. The predicted molar refractivity (Wildman–Crippen MR) is 281 cm³/mol. The van der Waals surface area contributed by atoms with Gasteiger partial charge in [-0.15, -0.1) is 16.4 Å². The van der Waals surface area contributed by atoms with Gasteiger partial charge in [0.2, 0.25) is 17.7 Å². The van der Waals surface area contributed by atoms with Gasteiger partial charge in [0.15, 0.2) is 17.3 Å². The van der Waals surface area contributed by atoms with Gasteiger partial charge in [-0.1, -0.05) is 51.1 Å². The molecule has 2 fully saturated rings. The second-order valence-electron chi connectivity index (χ2n) is 19.6. The summed E-state index contributed by atoms with van der Waals surface area (Å²) in [6.45, 7) is 15.8. The van der Waals surface area contributed by atoms with Crippen LogP contribution in [0.5, 0.6) is 0 Å². The third-order valence-electron chi connectivity index (χ3n) is 12.9. The number of amides is 4. The first-order valence-corrected chi connectivity index (χ1v) is 26.1. The zero-order valence-corrected chi connectivity index (χ0v) is 44.0. The van der Waals surface area contributed by atoms with E-state index in [9.17, 15) is 24.3 Å². The van der Waals surface area contributed by atoms with Gasteiger partial charge in [0.05, 0.1) is 74.6 Å². The quantitative estimate of drug-likeness (QED) is 0.0636. The lowest BCUT2D eigenvalue weighted by molar-refractivity contribution is -0.144. The molecule has 400 valence electrons. The highest BCUT2D eigenvalue weighted by molar-refractivity contribution is 7.13. The van der Waals surface area contributed by atoms with Crippen LogP contribution in [0, 0.1) is 19.3 Å². The fourth-order valence-electron chi connectivity index (χ4n) is 8.74. The fourth-order valence-corrected chi connectivity index (χ4v) is 9.56. The maximum atomic E-state index is 14.0. The molecule has 2 aliphatic rings. The molecule has 0 unspecified atom stereocenters. The van der Waals surface area contributed by atoms with E-state index in [1.54, 1.807) is 45.2 Å². The van der Waals surface area contributed by atoms with Crippen molar-refractivity contribution in [1.82, 2.24) is 54.8 Å². The number of aliphatic hydroxyl groups excluding tert-OH is 1. The lowest BCUT2D eigenvalue weighted by atomic mass is 9.85. The van der Waals surface area contributed by atoms with Gasteiger partial charge in [-0.25, -0.2) is 19.5 Å². The van der Waals surface area contributed by atoms with Crippen LogP contribution in [0.15, 0.2) is 78.8 Å². The molecule has 3 atom stereocenters. The van der Waals surface area contributed by atoms with Crippen LogP contribution in [-0.4, -0.2) is 183 Å². The van der Waals surface area contributed by atoms with Gasteiger partial charge in [-0.2, -0.15) is 9.78 Å². The molecule has 4 amide bonds. The smallest absolute Gasteiger partial charge is 0.262 e. The number of thiazole rings is 1. The molecule has 75 heavy (non-hydrogen) atoms. The normalized spacial score (nSPS) is 16.6. The van der Waals surface area contributed by atoms with Gasteiger partial charge < -0.3 is 49.8 Å². The van der Waals surface area contributed by atoms with Crippen molar-refractivity contribution in [2.45, 2.75) is 65.8 Å². The molecular weight excluding hydrogens is 983 g/mol. The van der Waals surface area contributed by atoms with E-state index in [-0.39, 0.29) is 51.1 Å². The molecule has 23 heteroatoms. The van der Waals surface area contributed by atoms with E-state index in [1.165, 1.54) is 11.1 Å². The van der Waals surface area contributed by atoms with Gasteiger partial charge >= 0.3 is 0 Å². The standard InChI is InChI=1S/C52H67N13O9S/c1-35-7-12-42(54-29-35)65-43(58-49(68)40-31-57-64-14-6-13-53-48(40)64)28-44(60-65)62-17-15-61(16-18-62)19-20-71-21-22-72-23-24-73-25-26-74-33-45(67)59-47(52(3,4)5)51(70)63-32-39(66)27-41(63)50(69)55-30-37-8-10-38(11-9-37)46-36(2)56-34-75-46/h6-14,28-29,31,34,39,41,47,66H,15-27,30,32-33H2,1-5H3,(H,55,69)(H,58,68)(H,59,67)/t39-,41+,47-/m1/s1. The van der Waals surface area contributed by atoms with Crippen LogP contribution in [0.4, 0.5) is 11.6 Å². The summed E-state index contributed by atoms with van der Waals surface area (Å²) in [5.74, 6) is 0.144. The number of rotatable bonds is 24. The van der Waals surface area contributed by atoms with Crippen LogP contribution in [0.2, 0.25) is 0 Å². The summed E-state index contributed by atoms with van der Waals surface area (Å²) in [7, 11) is 0. The molecule has 2 saturated heterocycles. The van der Waals surface area contributed by atoms with Crippen molar-refractivity contribution in [1.29, 1.82) is 0 Å². The van der Waals surface area contributed by atoms with E-state index in [2.05, 4.69) is 45.8 Å². The average molecular weight is 1050 g/mol. The number of carbonyl (C=O) groups excluding carboxylic acids is 4. The van der Waals surface area contributed by atoms with Crippen molar-refractivity contribution in [2.75, 3.05) is 102 Å². The number of hydrogen-bond acceptors (Lipinski definition) is 17. The van der Waals surface area contributed by atoms with Crippen molar-refractivity contribution in [3.63, 3.8) is 0 Å². The van der Waals surface area contributed by atoms with Crippen molar-refractivity contribution in [3.8, 4) is 16.3 Å². The molecule has 8 rings (SSSR count). The number of carbonyl (C=O) groups is 4. The van der Waals surface area contributed by atoms with Crippen LogP contribution in [-0.2, 0) is 39.9 Å². The molecule has 0 bridgehead atoms. The number of benzene rings is 1. The maximum Gasteiger partial charge on any atom is 0.262 e. The molecule has 4 N–H and O–H groups in total. The minimum absolute atomic E-state index is 0.0187. The number of pyridine rings is 1. The zero-order valence-electron chi connectivity index (χ0n) is 43.1. The van der Waals surface area contributed by atoms with Crippen LogP contribution < -0.4 is 20.9 Å². The van der Waals surface area contributed by atoms with Crippen molar-refractivity contribution >= 4 is 52.2 Å². The molecule has 0 saturated carbocycles. The number of nitrogens with one attached hydrogen (secondary N) is 3. The summed E-state index contributed by atoms with van der Waals surface area (Å²) >= 11 is 1.57. The summed E-state index contributed by atoms with van der Waals surface area (Å²) in [5.41, 5.74) is 5.82. The van der Waals surface area contributed by atoms with Gasteiger partial charge in [0.25, 0.3) is 5.91 Å². The van der Waals surface area contributed by atoms with Gasteiger partial charge in [-0.3, -0.25) is 24.1 Å². The molecule has 5 aromatic heterocycles. The van der Waals surface area contributed by atoms with E-state index in [1.807, 2.05) is 82.6 Å². The van der Waals surface area contributed by atoms with Crippen LogP contribution in [0.25, 0.3) is 21.9 Å². The van der Waals surface area contributed by atoms with Crippen LogP contribution in [0.1, 0.15) is 54.4 Å². The van der Waals surface area contributed by atoms with Crippen molar-refractivity contribution in [2.24, 2.45) is 5.41 Å². The maximum absolute atomic E-state index is 14.0. The largest absolute Gasteiger partial charge is 0.391 e. The molecule has 22 nitrogen and oxygen atoms in total. The minimum Gasteiger partial charge on any atom is -0.391 e. The summed E-state index contributed by atoms with van der Waals surface area (Å²) in [6.07, 6.45) is 5.84. The summed E-state index contributed by atoms with van der Waals surface area (Å²) in [4.78, 5) is 74.0. The Morgan fingerprint density at radius 2 is 1.57 bits per heavy atom. The Kier molecular flexibility index (Phi) is 18.7. The fraction of sp³-hybridized carbons (Fsp3) is 0.481. The first-order chi connectivity index (χ1) is 36.2. The van der Waals surface area contributed by atoms with Crippen LogP contribution in [0.3, 0.4) is 0 Å². The lowest BCUT2D eigenvalue weighted by Crippen LogP contribution is -2.58. The third-order valence-corrected chi connectivity index (χ3v) is 13.9. The molecule has 0 radical (unpaired) electrons. The molecule has 0 spiro atoms. The molecule has 6 aromatic rings. The molecule has 2 aliphatic heterocycles. The van der Waals surface area contributed by atoms with E-state index in [0.717, 1.165) is 65.8 Å². The topological polar surface area (TPSA) is 245 Å². The average Bonchev–Trinajstić information content (AvgIpc) is 4.23. The monoisotopic (exact) mass is 1050 g/mol. The molecule has 1 aromatic carbocycles. The summed E-state index contributed by atoms with van der Waals surface area (Å²) in [6, 6.07) is 13.4. The predicted octanol–water partition coefficient (Wildman–Crippen LogP) is 3.30. The number of aromatic nitrogens is 7. The Morgan fingerprint density at radius 1 is 0.853 bits per heavy atom. The second-order valence-corrected chi connectivity index (χ2v) is 20.4. The van der Waals surface area contributed by atoms with Gasteiger partial charge in [0, 0.05) is 76.9 Å². The lowest BCUT2D eigenvalue weighted by Gasteiger charge is -2.35. The van der Waals surface area contributed by atoms with E-state index >= 15 is 0 Å². The van der Waals surface area contributed by atoms with E-state index in [4.69, 9.17) is 24.0 Å². The SMILES string of the molecule is Cc1ccc(-n2nc(N3CCN(CCOCCOCCOCCOCC(=O)N[C@H](C(=O)N4C[C@H](O)C[C@H]4C(=O)NCc4ccc(-c5scnc5C)cc4)C(C)(C)C)CC3)cc2NC(=O)c2cnn3cccnc23)nc1. The highest BCUT2D eigenvalue weighted by Gasteiger charge is 2.44. The highest BCUT2D eigenvalue weighted by atomic mass is 32.1. The van der Waals surface area contributed by atoms with Gasteiger partial charge in [0.1, 0.15) is 30.1 Å². The Hall–Kier alpha value is -6.73. The first-order valence-electron chi connectivity index (χ1n) is 25.2. The Labute approximate surface area is 439 Å². The van der Waals surface area contributed by atoms with Crippen molar-refractivity contribution < 1.29 is 43.2 Å². The molecular formula is C52H67N13O9S. The Bertz CT molecular complexity index is 2840. The number of piperazine rings is 1. The highest BCUT2D eigenvalue weighted by Crippen LogP contribution is 2.29. The first kappa shape index (κ1) is 54.5. The number of hydrogen-bond donors (Lipinski definition) is 4. The minimum atomic E-state index is -0.968. The number of fused-ring (bicyclic) bond motifs is 1. The van der Waals surface area contributed by atoms with E-state index < -0.39 is 35.4 Å². The second kappa shape index (κ2) is 25.7. The Balaban J connectivity index is 0.671. The summed E-state index contributed by atoms with van der Waals surface area (Å²) in [5, 5.41) is 28.4. The Morgan fingerprint density at radius 3 is 2.25 bits per heavy atom. The number of ether oxygens (including phenoxy) is 4. The summed E-state index contributed by atoms with van der Waals surface area (Å²) < 4.78 is 25.9. The van der Waals surface area contributed by atoms with E-state index in [0.29, 0.717) is 55.9 Å². The molecule has 0 aliphatic carbocycles. The number of aliphatic hydroxyl groups is 1. The molecule has 7 heterocycles. The number of nitrogens with zero attached hydrogens (tertiary/aromatic N) is 10. The number of likely N-dealkylation sites (tertiary alicyclic amines) is 1.